The van der Waals surface area contributed by atoms with E-state index in [-0.39, 0.29) is 0 Å². The number of nitrogens with one attached hydrogen (secondary N) is 2. The number of anilines is 2. The van der Waals surface area contributed by atoms with Gasteiger partial charge in [0.1, 0.15) is 11.6 Å². The van der Waals surface area contributed by atoms with Crippen molar-refractivity contribution in [3.8, 4) is 22.8 Å². The van der Waals surface area contributed by atoms with Gasteiger partial charge in [-0.15, -0.1) is 0 Å². The zero-order chi connectivity index (χ0) is 23.3. The molecule has 0 amide bonds. The second-order valence-corrected chi connectivity index (χ2v) is 8.76. The number of nitrogens with zero attached hydrogens (tertiary/aromatic N) is 6. The standard InChI is InChI=1S/C26H28N8/c1-17-13-23(33-25(29-17)19-5-3-11-27-15-19)31-21-7-9-22(10-8-21)32-24-14-18(2)30-26(34-24)20-6-4-12-28-16-20/h3-6,11-16,21-22H,7-10H2,1-2H3,(H,29,31,33)(H,30,32,34). The van der Waals surface area contributed by atoms with Crippen molar-refractivity contribution in [3.05, 3.63) is 72.6 Å². The second-order valence-electron chi connectivity index (χ2n) is 8.76. The van der Waals surface area contributed by atoms with Gasteiger partial charge in [0, 0.05) is 71.5 Å². The van der Waals surface area contributed by atoms with E-state index in [1.54, 1.807) is 24.8 Å². The molecule has 4 aromatic rings. The molecule has 0 unspecified atom stereocenters. The van der Waals surface area contributed by atoms with E-state index in [1.165, 1.54) is 0 Å². The van der Waals surface area contributed by atoms with Crippen LogP contribution in [0.4, 0.5) is 11.6 Å². The zero-order valence-corrected chi connectivity index (χ0v) is 19.4. The molecule has 0 radical (unpaired) electrons. The van der Waals surface area contributed by atoms with E-state index in [0.29, 0.717) is 23.7 Å². The third kappa shape index (κ3) is 5.33. The van der Waals surface area contributed by atoms with Crippen molar-refractivity contribution >= 4 is 11.6 Å². The van der Waals surface area contributed by atoms with Gasteiger partial charge >= 0.3 is 0 Å². The van der Waals surface area contributed by atoms with Crippen molar-refractivity contribution in [2.45, 2.75) is 51.6 Å². The number of hydrogen-bond acceptors (Lipinski definition) is 8. The summed E-state index contributed by atoms with van der Waals surface area (Å²) in [6.07, 6.45) is 11.3. The van der Waals surface area contributed by atoms with Gasteiger partial charge in [-0.1, -0.05) is 0 Å². The Labute approximate surface area is 199 Å². The summed E-state index contributed by atoms with van der Waals surface area (Å²) in [4.78, 5) is 27.0. The van der Waals surface area contributed by atoms with Crippen LogP contribution in [0, 0.1) is 13.8 Å². The lowest BCUT2D eigenvalue weighted by atomic mass is 9.91. The molecule has 8 heteroatoms. The van der Waals surface area contributed by atoms with Gasteiger partial charge in [-0.3, -0.25) is 9.97 Å². The van der Waals surface area contributed by atoms with Gasteiger partial charge in [0.15, 0.2) is 11.6 Å². The Kier molecular flexibility index (Phi) is 6.38. The quantitative estimate of drug-likeness (QED) is 0.428. The molecule has 0 saturated heterocycles. The summed E-state index contributed by atoms with van der Waals surface area (Å²) in [6.45, 7) is 3.99. The summed E-state index contributed by atoms with van der Waals surface area (Å²) in [5, 5.41) is 7.25. The molecule has 5 rings (SSSR count). The third-order valence-electron chi connectivity index (χ3n) is 5.98. The summed E-state index contributed by atoms with van der Waals surface area (Å²) in [5.41, 5.74) is 3.73. The zero-order valence-electron chi connectivity index (χ0n) is 19.4. The maximum Gasteiger partial charge on any atom is 0.163 e. The van der Waals surface area contributed by atoms with Crippen LogP contribution in [0.3, 0.4) is 0 Å². The molecule has 0 spiro atoms. The Bertz CT molecular complexity index is 1140. The van der Waals surface area contributed by atoms with E-state index in [1.807, 2.05) is 50.2 Å². The Hall–Kier alpha value is -3.94. The maximum atomic E-state index is 4.73. The summed E-state index contributed by atoms with van der Waals surface area (Å²) in [6, 6.07) is 12.6. The first-order chi connectivity index (χ1) is 16.6. The van der Waals surface area contributed by atoms with Gasteiger partial charge in [0.05, 0.1) is 0 Å². The van der Waals surface area contributed by atoms with Gasteiger partial charge in [0.2, 0.25) is 0 Å². The molecular formula is C26H28N8. The first kappa shape index (κ1) is 21.9. The van der Waals surface area contributed by atoms with E-state index in [4.69, 9.17) is 9.97 Å². The first-order valence-corrected chi connectivity index (χ1v) is 11.7. The normalized spacial score (nSPS) is 17.8. The highest BCUT2D eigenvalue weighted by molar-refractivity contribution is 5.57. The Morgan fingerprint density at radius 3 is 1.47 bits per heavy atom. The van der Waals surface area contributed by atoms with Crippen molar-refractivity contribution < 1.29 is 0 Å². The first-order valence-electron chi connectivity index (χ1n) is 11.7. The number of aromatic nitrogens is 6. The lowest BCUT2D eigenvalue weighted by Crippen LogP contribution is -2.33. The molecule has 8 nitrogen and oxygen atoms in total. The molecule has 2 N–H and O–H groups in total. The second kappa shape index (κ2) is 9.91. The molecule has 4 aromatic heterocycles. The lowest BCUT2D eigenvalue weighted by Gasteiger charge is -2.30. The van der Waals surface area contributed by atoms with Gasteiger partial charge in [0.25, 0.3) is 0 Å². The summed E-state index contributed by atoms with van der Waals surface area (Å²) < 4.78 is 0. The topological polar surface area (TPSA) is 101 Å². The van der Waals surface area contributed by atoms with E-state index < -0.39 is 0 Å². The fraction of sp³-hybridized carbons (Fsp3) is 0.308. The predicted molar refractivity (Wildman–Crippen MR) is 133 cm³/mol. The molecule has 172 valence electrons. The molecule has 1 saturated carbocycles. The molecule has 1 aliphatic carbocycles. The van der Waals surface area contributed by atoms with Crippen LogP contribution in [0.25, 0.3) is 22.8 Å². The monoisotopic (exact) mass is 452 g/mol. The van der Waals surface area contributed by atoms with Gasteiger partial charge < -0.3 is 10.6 Å². The number of hydrogen-bond donors (Lipinski definition) is 2. The molecule has 0 aliphatic heterocycles. The number of pyridine rings is 2. The molecule has 1 aliphatic rings. The smallest absolute Gasteiger partial charge is 0.163 e. The minimum absolute atomic E-state index is 0.382. The van der Waals surface area contributed by atoms with Crippen LogP contribution >= 0.6 is 0 Å². The van der Waals surface area contributed by atoms with Crippen molar-refractivity contribution in [2.24, 2.45) is 0 Å². The minimum Gasteiger partial charge on any atom is -0.367 e. The average molecular weight is 453 g/mol. The van der Waals surface area contributed by atoms with Crippen LogP contribution < -0.4 is 10.6 Å². The minimum atomic E-state index is 0.382. The highest BCUT2D eigenvalue weighted by atomic mass is 15.1. The van der Waals surface area contributed by atoms with Crippen molar-refractivity contribution in [3.63, 3.8) is 0 Å². The summed E-state index contributed by atoms with van der Waals surface area (Å²) >= 11 is 0. The van der Waals surface area contributed by atoms with Crippen LogP contribution in [0.1, 0.15) is 37.1 Å². The van der Waals surface area contributed by atoms with Crippen LogP contribution in [0.15, 0.2) is 61.2 Å². The fourth-order valence-corrected chi connectivity index (χ4v) is 4.33. The fourth-order valence-electron chi connectivity index (χ4n) is 4.33. The summed E-state index contributed by atoms with van der Waals surface area (Å²) in [5.74, 6) is 3.15. The highest BCUT2D eigenvalue weighted by Crippen LogP contribution is 2.26. The Balaban J connectivity index is 1.21. The predicted octanol–water partition coefficient (Wildman–Crippen LogP) is 4.84. The van der Waals surface area contributed by atoms with Crippen LogP contribution in [0.5, 0.6) is 0 Å². The molecule has 1 fully saturated rings. The molecule has 0 atom stereocenters. The van der Waals surface area contributed by atoms with E-state index >= 15 is 0 Å². The lowest BCUT2D eigenvalue weighted by molar-refractivity contribution is 0.427. The van der Waals surface area contributed by atoms with Crippen molar-refractivity contribution in [1.29, 1.82) is 0 Å². The van der Waals surface area contributed by atoms with E-state index in [0.717, 1.165) is 59.8 Å². The number of rotatable bonds is 6. The molecule has 0 bridgehead atoms. The largest absolute Gasteiger partial charge is 0.367 e. The van der Waals surface area contributed by atoms with Gasteiger partial charge in [-0.2, -0.15) is 0 Å². The van der Waals surface area contributed by atoms with Crippen LogP contribution in [-0.2, 0) is 0 Å². The van der Waals surface area contributed by atoms with Gasteiger partial charge in [-0.25, -0.2) is 19.9 Å². The molecule has 34 heavy (non-hydrogen) atoms. The molecular weight excluding hydrogens is 424 g/mol. The maximum absolute atomic E-state index is 4.73. The molecule has 4 heterocycles. The van der Waals surface area contributed by atoms with Crippen LogP contribution in [0.2, 0.25) is 0 Å². The highest BCUT2D eigenvalue weighted by Gasteiger charge is 2.22. The summed E-state index contributed by atoms with van der Waals surface area (Å²) in [7, 11) is 0. The van der Waals surface area contributed by atoms with E-state index in [2.05, 4.69) is 30.6 Å². The Morgan fingerprint density at radius 1 is 0.647 bits per heavy atom. The van der Waals surface area contributed by atoms with Crippen molar-refractivity contribution in [1.82, 2.24) is 29.9 Å². The number of aryl methyl sites for hydroxylation is 2. The SMILES string of the molecule is Cc1cc(NC2CCC(Nc3cc(C)nc(-c4cccnc4)n3)CC2)nc(-c2cccnc2)n1. The van der Waals surface area contributed by atoms with E-state index in [9.17, 15) is 0 Å². The Morgan fingerprint density at radius 2 is 1.09 bits per heavy atom. The van der Waals surface area contributed by atoms with Gasteiger partial charge in [-0.05, 0) is 63.8 Å². The van der Waals surface area contributed by atoms with Crippen LogP contribution in [-0.4, -0.2) is 42.0 Å². The third-order valence-corrected chi connectivity index (χ3v) is 5.98. The average Bonchev–Trinajstić information content (AvgIpc) is 2.86. The van der Waals surface area contributed by atoms with Crippen molar-refractivity contribution in [2.75, 3.05) is 10.6 Å². The molecule has 0 aromatic carbocycles.